The molecule has 2 N–H and O–H groups in total. The van der Waals surface area contributed by atoms with Gasteiger partial charge in [0.05, 0.1) is 12.6 Å². The van der Waals surface area contributed by atoms with Gasteiger partial charge in [-0.2, -0.15) is 0 Å². The Balaban J connectivity index is 2.05. The Labute approximate surface area is 128 Å². The average molecular weight is 297 g/mol. The van der Waals surface area contributed by atoms with Gasteiger partial charge in [0.15, 0.2) is 0 Å². The lowest BCUT2D eigenvalue weighted by molar-refractivity contribution is -0.133. The van der Waals surface area contributed by atoms with Crippen molar-refractivity contribution in [3.05, 3.63) is 0 Å². The van der Waals surface area contributed by atoms with E-state index in [1.807, 2.05) is 4.90 Å². The first-order chi connectivity index (χ1) is 9.95. The summed E-state index contributed by atoms with van der Waals surface area (Å²) in [4.78, 5) is 16.7. The quantitative estimate of drug-likeness (QED) is 0.825. The first-order valence-corrected chi connectivity index (χ1v) is 8.22. The third-order valence-electron chi connectivity index (χ3n) is 5.37. The van der Waals surface area contributed by atoms with Crippen LogP contribution in [0.4, 0.5) is 0 Å². The zero-order valence-electron chi connectivity index (χ0n) is 13.9. The lowest BCUT2D eigenvalue weighted by atomic mass is 9.80. The van der Waals surface area contributed by atoms with Crippen LogP contribution < -0.4 is 5.73 Å². The average Bonchev–Trinajstić information content (AvgIpc) is 2.78. The van der Waals surface area contributed by atoms with E-state index in [2.05, 4.69) is 25.8 Å². The Hall–Kier alpha value is -0.650. The number of amides is 1. The van der Waals surface area contributed by atoms with Gasteiger partial charge in [-0.3, -0.25) is 4.79 Å². The maximum absolute atomic E-state index is 12.2. The first kappa shape index (κ1) is 16.7. The molecule has 21 heavy (non-hydrogen) atoms. The molecule has 0 bridgehead atoms. The molecular weight excluding hydrogens is 266 g/mol. The van der Waals surface area contributed by atoms with Crippen molar-refractivity contribution < 1.29 is 9.53 Å². The minimum absolute atomic E-state index is 0.136. The van der Waals surface area contributed by atoms with Gasteiger partial charge in [0.2, 0.25) is 5.91 Å². The van der Waals surface area contributed by atoms with Crippen molar-refractivity contribution in [2.24, 2.45) is 11.7 Å². The molecule has 0 aromatic heterocycles. The second-order valence-electron chi connectivity index (χ2n) is 6.94. The molecule has 0 aromatic rings. The molecule has 5 heteroatoms. The van der Waals surface area contributed by atoms with E-state index in [-0.39, 0.29) is 11.9 Å². The molecule has 5 nitrogen and oxygen atoms in total. The number of nitrogens with two attached hydrogens (primary N) is 1. The van der Waals surface area contributed by atoms with E-state index in [4.69, 9.17) is 10.5 Å². The van der Waals surface area contributed by atoms with Crippen LogP contribution in [0.5, 0.6) is 0 Å². The summed E-state index contributed by atoms with van der Waals surface area (Å²) in [5, 5.41) is 0. The van der Waals surface area contributed by atoms with Crippen LogP contribution in [0, 0.1) is 5.92 Å². The van der Waals surface area contributed by atoms with Gasteiger partial charge in [-0.15, -0.1) is 0 Å². The van der Waals surface area contributed by atoms with Gasteiger partial charge in [0.1, 0.15) is 0 Å². The Morgan fingerprint density at radius 1 is 1.38 bits per heavy atom. The normalized spacial score (nSPS) is 34.2. The van der Waals surface area contributed by atoms with Crippen molar-refractivity contribution in [1.29, 1.82) is 0 Å². The van der Waals surface area contributed by atoms with Crippen LogP contribution in [0.1, 0.15) is 39.5 Å². The molecule has 1 aliphatic carbocycles. The number of rotatable bonds is 5. The fourth-order valence-corrected chi connectivity index (χ4v) is 3.87. The fraction of sp³-hybridized carbons (Fsp3) is 0.938. The van der Waals surface area contributed by atoms with Crippen LogP contribution in [0.15, 0.2) is 0 Å². The predicted molar refractivity (Wildman–Crippen MR) is 84.0 cm³/mol. The third kappa shape index (κ3) is 3.58. The maximum Gasteiger partial charge on any atom is 0.239 e. The van der Waals surface area contributed by atoms with Crippen LogP contribution in [-0.4, -0.2) is 67.2 Å². The van der Waals surface area contributed by atoms with Crippen LogP contribution in [0.2, 0.25) is 0 Å². The molecule has 2 aliphatic rings. The summed E-state index contributed by atoms with van der Waals surface area (Å²) >= 11 is 0. The predicted octanol–water partition coefficient (Wildman–Crippen LogP) is 1.07. The molecular formula is C16H31N3O2. The van der Waals surface area contributed by atoms with Gasteiger partial charge >= 0.3 is 0 Å². The Morgan fingerprint density at radius 2 is 2.10 bits per heavy atom. The summed E-state index contributed by atoms with van der Waals surface area (Å²) < 4.78 is 5.43. The summed E-state index contributed by atoms with van der Waals surface area (Å²) in [7, 11) is 3.96. The SMILES string of the molecule is COC[C@@H]1C[C@H](N(C)C(C)C)CC[C@@H]1N1CC[C@H](N)C1=O. The van der Waals surface area contributed by atoms with E-state index in [0.717, 1.165) is 38.8 Å². The maximum atomic E-state index is 12.2. The smallest absolute Gasteiger partial charge is 0.239 e. The Kier molecular flexibility index (Phi) is 5.63. The van der Waals surface area contributed by atoms with Crippen LogP contribution in [0.3, 0.4) is 0 Å². The van der Waals surface area contributed by atoms with Crippen LogP contribution >= 0.6 is 0 Å². The van der Waals surface area contributed by atoms with E-state index in [9.17, 15) is 4.79 Å². The molecule has 0 spiro atoms. The molecule has 0 radical (unpaired) electrons. The van der Waals surface area contributed by atoms with E-state index in [1.165, 1.54) is 0 Å². The summed E-state index contributed by atoms with van der Waals surface area (Å²) in [6, 6.07) is 1.16. The summed E-state index contributed by atoms with van der Waals surface area (Å²) in [6.45, 7) is 6.02. The van der Waals surface area contributed by atoms with Crippen LogP contribution in [0.25, 0.3) is 0 Å². The summed E-state index contributed by atoms with van der Waals surface area (Å²) in [5.41, 5.74) is 5.88. The second-order valence-corrected chi connectivity index (χ2v) is 6.94. The lowest BCUT2D eigenvalue weighted by Crippen LogP contribution is -2.52. The van der Waals surface area contributed by atoms with Gasteiger partial charge in [-0.1, -0.05) is 0 Å². The van der Waals surface area contributed by atoms with E-state index in [1.54, 1.807) is 7.11 Å². The van der Waals surface area contributed by atoms with Crippen molar-refractivity contribution in [3.8, 4) is 0 Å². The molecule has 0 aromatic carbocycles. The highest BCUT2D eigenvalue weighted by atomic mass is 16.5. The first-order valence-electron chi connectivity index (χ1n) is 8.22. The third-order valence-corrected chi connectivity index (χ3v) is 5.37. The zero-order chi connectivity index (χ0) is 15.6. The van der Waals surface area contributed by atoms with E-state index >= 15 is 0 Å². The zero-order valence-corrected chi connectivity index (χ0v) is 13.9. The van der Waals surface area contributed by atoms with E-state index < -0.39 is 0 Å². The highest BCUT2D eigenvalue weighted by molar-refractivity contribution is 5.84. The van der Waals surface area contributed by atoms with Gasteiger partial charge in [-0.25, -0.2) is 0 Å². The Bertz CT molecular complexity index is 361. The number of hydrogen-bond donors (Lipinski definition) is 1. The van der Waals surface area contributed by atoms with Crippen molar-refractivity contribution in [2.75, 3.05) is 27.3 Å². The van der Waals surface area contributed by atoms with Gasteiger partial charge < -0.3 is 20.3 Å². The summed E-state index contributed by atoms with van der Waals surface area (Å²) in [6.07, 6.45) is 4.11. The summed E-state index contributed by atoms with van der Waals surface area (Å²) in [5.74, 6) is 0.556. The molecule has 1 amide bonds. The van der Waals surface area contributed by atoms with Gasteiger partial charge in [0, 0.05) is 37.7 Å². The Morgan fingerprint density at radius 3 is 2.62 bits per heavy atom. The molecule has 2 fully saturated rings. The number of likely N-dealkylation sites (tertiary alicyclic amines) is 1. The number of hydrogen-bond acceptors (Lipinski definition) is 4. The largest absolute Gasteiger partial charge is 0.384 e. The van der Waals surface area contributed by atoms with E-state index in [0.29, 0.717) is 24.0 Å². The number of carbonyl (C=O) groups is 1. The highest BCUT2D eigenvalue weighted by Crippen LogP contribution is 2.33. The number of methoxy groups -OCH3 is 1. The monoisotopic (exact) mass is 297 g/mol. The molecule has 1 aliphatic heterocycles. The van der Waals surface area contributed by atoms with Crippen LogP contribution in [-0.2, 0) is 9.53 Å². The minimum atomic E-state index is -0.288. The second kappa shape index (κ2) is 7.07. The minimum Gasteiger partial charge on any atom is -0.384 e. The molecule has 122 valence electrons. The molecule has 0 unspecified atom stereocenters. The number of carbonyl (C=O) groups excluding carboxylic acids is 1. The standard InChI is InChI=1S/C16H31N3O2/c1-11(2)18(3)13-5-6-15(12(9-13)10-21-4)19-8-7-14(17)16(19)20/h11-15H,5-10,17H2,1-4H3/t12-,13+,14-,15-/m0/s1. The van der Waals surface area contributed by atoms with Crippen molar-refractivity contribution in [1.82, 2.24) is 9.80 Å². The molecule has 1 saturated heterocycles. The molecule has 1 saturated carbocycles. The molecule has 2 rings (SSSR count). The molecule has 4 atom stereocenters. The topological polar surface area (TPSA) is 58.8 Å². The number of ether oxygens (including phenoxy) is 1. The molecule has 1 heterocycles. The lowest BCUT2D eigenvalue weighted by Gasteiger charge is -2.44. The van der Waals surface area contributed by atoms with Gasteiger partial charge in [-0.05, 0) is 46.6 Å². The fourth-order valence-electron chi connectivity index (χ4n) is 3.87. The highest BCUT2D eigenvalue weighted by Gasteiger charge is 2.41. The van der Waals surface area contributed by atoms with Crippen molar-refractivity contribution in [3.63, 3.8) is 0 Å². The van der Waals surface area contributed by atoms with Crippen molar-refractivity contribution in [2.45, 2.75) is 63.7 Å². The van der Waals surface area contributed by atoms with Crippen molar-refractivity contribution >= 4 is 5.91 Å². The van der Waals surface area contributed by atoms with Gasteiger partial charge in [0.25, 0.3) is 0 Å². The number of nitrogens with zero attached hydrogens (tertiary/aromatic N) is 2.